The van der Waals surface area contributed by atoms with Crippen LogP contribution in [0.3, 0.4) is 0 Å². The fourth-order valence-electron chi connectivity index (χ4n) is 1.65. The topological polar surface area (TPSA) is 52.3 Å². The number of ether oxygens (including phenoxy) is 1. The van der Waals surface area contributed by atoms with E-state index in [1.165, 1.54) is 6.26 Å². The second kappa shape index (κ2) is 3.53. The zero-order valence-electron chi connectivity index (χ0n) is 8.16. The largest absolute Gasteiger partial charge is 0.448 e. The van der Waals surface area contributed by atoms with Crippen LogP contribution in [0.4, 0.5) is 0 Å². The SMILES string of the molecule is CC1(c2nc(C=O)co2)CCOCC1. The lowest BCUT2D eigenvalue weighted by Gasteiger charge is -2.30. The minimum atomic E-state index is -0.0699. The number of carbonyl (C=O) groups excluding carboxylic acids is 1. The first-order valence-corrected chi connectivity index (χ1v) is 4.73. The number of rotatable bonds is 2. The molecule has 1 aromatic heterocycles. The highest BCUT2D eigenvalue weighted by Gasteiger charge is 2.33. The van der Waals surface area contributed by atoms with Gasteiger partial charge in [-0.3, -0.25) is 4.79 Å². The van der Waals surface area contributed by atoms with Gasteiger partial charge < -0.3 is 9.15 Å². The second-order valence-corrected chi connectivity index (χ2v) is 3.87. The predicted molar refractivity (Wildman–Crippen MR) is 49.3 cm³/mol. The molecule has 2 heterocycles. The van der Waals surface area contributed by atoms with Crippen LogP contribution in [0.15, 0.2) is 10.7 Å². The minimum absolute atomic E-state index is 0.0699. The predicted octanol–water partition coefficient (Wildman–Crippen LogP) is 1.56. The normalized spacial score (nSPS) is 20.6. The quantitative estimate of drug-likeness (QED) is 0.672. The highest BCUT2D eigenvalue weighted by molar-refractivity contribution is 5.70. The van der Waals surface area contributed by atoms with Crippen LogP contribution < -0.4 is 0 Å². The monoisotopic (exact) mass is 195 g/mol. The van der Waals surface area contributed by atoms with Gasteiger partial charge in [0, 0.05) is 18.6 Å². The van der Waals surface area contributed by atoms with Gasteiger partial charge in [0.15, 0.2) is 6.29 Å². The first kappa shape index (κ1) is 9.40. The Morgan fingerprint density at radius 2 is 2.21 bits per heavy atom. The molecule has 1 aliphatic heterocycles. The van der Waals surface area contributed by atoms with Gasteiger partial charge in [-0.05, 0) is 12.8 Å². The average Bonchev–Trinajstić information content (AvgIpc) is 2.67. The molecule has 0 radical (unpaired) electrons. The van der Waals surface area contributed by atoms with E-state index in [0.29, 0.717) is 17.9 Å². The highest BCUT2D eigenvalue weighted by atomic mass is 16.5. The van der Waals surface area contributed by atoms with Crippen LogP contribution in [0.1, 0.15) is 36.1 Å². The van der Waals surface area contributed by atoms with E-state index in [9.17, 15) is 4.79 Å². The fourth-order valence-corrected chi connectivity index (χ4v) is 1.65. The van der Waals surface area contributed by atoms with Crippen molar-refractivity contribution < 1.29 is 13.9 Å². The molecule has 1 aliphatic rings. The third kappa shape index (κ3) is 1.57. The molecule has 0 spiro atoms. The van der Waals surface area contributed by atoms with E-state index in [1.807, 2.05) is 0 Å². The van der Waals surface area contributed by atoms with Gasteiger partial charge in [-0.1, -0.05) is 6.92 Å². The number of hydrogen-bond donors (Lipinski definition) is 0. The summed E-state index contributed by atoms with van der Waals surface area (Å²) < 4.78 is 10.6. The Labute approximate surface area is 82.3 Å². The molecule has 14 heavy (non-hydrogen) atoms. The van der Waals surface area contributed by atoms with E-state index < -0.39 is 0 Å². The van der Waals surface area contributed by atoms with E-state index in [-0.39, 0.29) is 5.41 Å². The van der Waals surface area contributed by atoms with Gasteiger partial charge in [-0.25, -0.2) is 4.98 Å². The van der Waals surface area contributed by atoms with E-state index in [1.54, 1.807) is 0 Å². The molecule has 76 valence electrons. The molecule has 4 heteroatoms. The van der Waals surface area contributed by atoms with Crippen molar-refractivity contribution in [2.24, 2.45) is 0 Å². The molecular formula is C10H13NO3. The third-order valence-electron chi connectivity index (χ3n) is 2.76. The van der Waals surface area contributed by atoms with Gasteiger partial charge in [0.1, 0.15) is 12.0 Å². The van der Waals surface area contributed by atoms with Crippen LogP contribution in [0, 0.1) is 0 Å². The Morgan fingerprint density at radius 3 is 2.79 bits per heavy atom. The van der Waals surface area contributed by atoms with Crippen LogP contribution in [-0.2, 0) is 10.2 Å². The molecule has 0 unspecified atom stereocenters. The molecule has 2 rings (SSSR count). The number of nitrogens with zero attached hydrogens (tertiary/aromatic N) is 1. The van der Waals surface area contributed by atoms with Crippen molar-refractivity contribution in [2.75, 3.05) is 13.2 Å². The van der Waals surface area contributed by atoms with Crippen molar-refractivity contribution in [1.82, 2.24) is 4.98 Å². The molecule has 0 aromatic carbocycles. The number of aromatic nitrogens is 1. The fraction of sp³-hybridized carbons (Fsp3) is 0.600. The van der Waals surface area contributed by atoms with Gasteiger partial charge in [-0.15, -0.1) is 0 Å². The molecule has 0 bridgehead atoms. The highest BCUT2D eigenvalue weighted by Crippen LogP contribution is 2.33. The standard InChI is InChI=1S/C10H13NO3/c1-10(2-4-13-5-3-10)9-11-8(6-12)7-14-9/h6-7H,2-5H2,1H3. The van der Waals surface area contributed by atoms with Crippen molar-refractivity contribution in [3.63, 3.8) is 0 Å². The first-order valence-electron chi connectivity index (χ1n) is 4.73. The minimum Gasteiger partial charge on any atom is -0.448 e. The summed E-state index contributed by atoms with van der Waals surface area (Å²) in [5.41, 5.74) is 0.298. The zero-order chi connectivity index (χ0) is 10.0. The summed E-state index contributed by atoms with van der Waals surface area (Å²) >= 11 is 0. The summed E-state index contributed by atoms with van der Waals surface area (Å²) in [4.78, 5) is 14.6. The van der Waals surface area contributed by atoms with Gasteiger partial charge in [0.25, 0.3) is 0 Å². The second-order valence-electron chi connectivity index (χ2n) is 3.87. The van der Waals surface area contributed by atoms with Crippen LogP contribution in [0.25, 0.3) is 0 Å². The molecular weight excluding hydrogens is 182 g/mol. The first-order chi connectivity index (χ1) is 6.74. The summed E-state index contributed by atoms with van der Waals surface area (Å²) in [5, 5.41) is 0. The Balaban J connectivity index is 2.23. The number of oxazole rings is 1. The molecule has 0 N–H and O–H groups in total. The number of carbonyl (C=O) groups is 1. The Morgan fingerprint density at radius 1 is 1.50 bits per heavy atom. The lowest BCUT2D eigenvalue weighted by molar-refractivity contribution is 0.0470. The van der Waals surface area contributed by atoms with E-state index in [0.717, 1.165) is 26.1 Å². The molecule has 0 aliphatic carbocycles. The van der Waals surface area contributed by atoms with Crippen molar-refractivity contribution in [3.8, 4) is 0 Å². The van der Waals surface area contributed by atoms with E-state index in [2.05, 4.69) is 11.9 Å². The molecule has 1 saturated heterocycles. The molecule has 1 aromatic rings. The lowest BCUT2D eigenvalue weighted by Crippen LogP contribution is -2.30. The average molecular weight is 195 g/mol. The van der Waals surface area contributed by atoms with Crippen LogP contribution in [-0.4, -0.2) is 24.5 Å². The summed E-state index contributed by atoms with van der Waals surface area (Å²) in [6.45, 7) is 3.56. The summed E-state index contributed by atoms with van der Waals surface area (Å²) in [6, 6.07) is 0. The van der Waals surface area contributed by atoms with Crippen molar-refractivity contribution >= 4 is 6.29 Å². The maximum Gasteiger partial charge on any atom is 0.200 e. The Bertz CT molecular complexity index is 326. The number of aldehydes is 1. The Kier molecular flexibility index (Phi) is 2.37. The molecule has 0 atom stereocenters. The van der Waals surface area contributed by atoms with E-state index >= 15 is 0 Å². The molecule has 0 amide bonds. The maximum absolute atomic E-state index is 10.5. The Hall–Kier alpha value is -1.16. The maximum atomic E-state index is 10.5. The van der Waals surface area contributed by atoms with E-state index in [4.69, 9.17) is 9.15 Å². The molecule has 0 saturated carbocycles. The van der Waals surface area contributed by atoms with Crippen LogP contribution >= 0.6 is 0 Å². The smallest absolute Gasteiger partial charge is 0.200 e. The van der Waals surface area contributed by atoms with Crippen molar-refractivity contribution in [3.05, 3.63) is 17.8 Å². The van der Waals surface area contributed by atoms with Crippen molar-refractivity contribution in [2.45, 2.75) is 25.2 Å². The summed E-state index contributed by atoms with van der Waals surface area (Å²) in [6.07, 6.45) is 3.90. The molecule has 1 fully saturated rings. The number of hydrogen-bond acceptors (Lipinski definition) is 4. The van der Waals surface area contributed by atoms with Gasteiger partial charge in [0.2, 0.25) is 5.89 Å². The summed E-state index contributed by atoms with van der Waals surface area (Å²) in [5.74, 6) is 0.655. The van der Waals surface area contributed by atoms with Gasteiger partial charge in [0.05, 0.1) is 0 Å². The van der Waals surface area contributed by atoms with Gasteiger partial charge in [-0.2, -0.15) is 0 Å². The zero-order valence-corrected chi connectivity index (χ0v) is 8.16. The lowest BCUT2D eigenvalue weighted by atomic mass is 9.82. The molecule has 4 nitrogen and oxygen atoms in total. The van der Waals surface area contributed by atoms with Crippen molar-refractivity contribution in [1.29, 1.82) is 0 Å². The summed E-state index contributed by atoms with van der Waals surface area (Å²) in [7, 11) is 0. The third-order valence-corrected chi connectivity index (χ3v) is 2.76. The van der Waals surface area contributed by atoms with Crippen LogP contribution in [0.5, 0.6) is 0 Å². The van der Waals surface area contributed by atoms with Crippen LogP contribution in [0.2, 0.25) is 0 Å². The van der Waals surface area contributed by atoms with Gasteiger partial charge >= 0.3 is 0 Å².